The maximum Gasteiger partial charge on any atom is 0.323 e. The van der Waals surface area contributed by atoms with Crippen molar-refractivity contribution in [2.45, 2.75) is 43.9 Å². The average molecular weight is 394 g/mol. The molecule has 2 bridgehead atoms. The molecule has 4 heteroatoms. The molecule has 2 fully saturated rings. The third kappa shape index (κ3) is 3.39. The van der Waals surface area contributed by atoms with Crippen molar-refractivity contribution in [3.63, 3.8) is 0 Å². The Balaban J connectivity index is 1.33. The summed E-state index contributed by atoms with van der Waals surface area (Å²) in [5.41, 5.74) is 2.80. The molecule has 1 aromatic rings. The molecule has 4 nitrogen and oxygen atoms in total. The van der Waals surface area contributed by atoms with Gasteiger partial charge in [-0.2, -0.15) is 0 Å². The number of hydrogen-bond acceptors (Lipinski definition) is 2. The number of nitrogens with zero attached hydrogens (tertiary/aromatic N) is 3. The maximum atomic E-state index is 12.8. The highest BCUT2D eigenvalue weighted by molar-refractivity contribution is 5.93. The summed E-state index contributed by atoms with van der Waals surface area (Å²) in [4.78, 5) is 19.3. The highest BCUT2D eigenvalue weighted by Crippen LogP contribution is 2.47. The number of allylic oxidation sites excluding steroid dienone is 2. The molecule has 156 valence electrons. The molecule has 29 heavy (non-hydrogen) atoms. The normalized spacial score (nSPS) is 30.4. The van der Waals surface area contributed by atoms with E-state index >= 15 is 0 Å². The zero-order valence-electron chi connectivity index (χ0n) is 18.0. The van der Waals surface area contributed by atoms with Crippen LogP contribution in [-0.2, 0) is 5.41 Å². The number of urea groups is 1. The third-order valence-electron chi connectivity index (χ3n) is 8.14. The number of amides is 2. The van der Waals surface area contributed by atoms with Gasteiger partial charge in [0.1, 0.15) is 0 Å². The van der Waals surface area contributed by atoms with Crippen LogP contribution < -0.4 is 4.90 Å². The Bertz CT molecular complexity index is 793. The van der Waals surface area contributed by atoms with Gasteiger partial charge >= 0.3 is 6.03 Å². The Labute approximate surface area is 175 Å². The Hall–Kier alpha value is -1.81. The molecule has 0 N–H and O–H groups in total. The second-order valence-electron chi connectivity index (χ2n) is 10.1. The lowest BCUT2D eigenvalue weighted by atomic mass is 9.69. The minimum atomic E-state index is 0.108. The molecule has 2 heterocycles. The Morgan fingerprint density at radius 2 is 1.86 bits per heavy atom. The molecule has 1 saturated heterocycles. The summed E-state index contributed by atoms with van der Waals surface area (Å²) in [7, 11) is 3.71. The molecule has 5 rings (SSSR count). The van der Waals surface area contributed by atoms with Crippen molar-refractivity contribution in [1.29, 1.82) is 0 Å². The van der Waals surface area contributed by atoms with E-state index in [-0.39, 0.29) is 11.4 Å². The number of fused-ring (bicyclic) bond motifs is 4. The van der Waals surface area contributed by atoms with E-state index < -0.39 is 0 Å². The van der Waals surface area contributed by atoms with Crippen molar-refractivity contribution in [2.75, 3.05) is 45.2 Å². The van der Waals surface area contributed by atoms with Crippen LogP contribution in [-0.4, -0.2) is 56.1 Å². The Morgan fingerprint density at radius 1 is 1.07 bits per heavy atom. The fourth-order valence-corrected chi connectivity index (χ4v) is 6.55. The van der Waals surface area contributed by atoms with Crippen LogP contribution in [0, 0.1) is 17.8 Å². The molecule has 0 aromatic heterocycles. The highest BCUT2D eigenvalue weighted by Gasteiger charge is 2.42. The third-order valence-corrected chi connectivity index (χ3v) is 8.14. The van der Waals surface area contributed by atoms with Gasteiger partial charge in [-0.15, -0.1) is 0 Å². The molecule has 1 spiro atoms. The smallest absolute Gasteiger partial charge is 0.323 e. The van der Waals surface area contributed by atoms with E-state index in [0.717, 1.165) is 36.4 Å². The van der Waals surface area contributed by atoms with Crippen LogP contribution in [0.5, 0.6) is 0 Å². The summed E-state index contributed by atoms with van der Waals surface area (Å²) in [5.74, 6) is 2.60. The van der Waals surface area contributed by atoms with Gasteiger partial charge in [-0.25, -0.2) is 4.79 Å². The summed E-state index contributed by atoms with van der Waals surface area (Å²) in [5, 5.41) is 0. The van der Waals surface area contributed by atoms with Gasteiger partial charge in [-0.3, -0.25) is 4.90 Å². The largest absolute Gasteiger partial charge is 0.330 e. The van der Waals surface area contributed by atoms with Gasteiger partial charge in [0.25, 0.3) is 0 Å². The number of rotatable bonds is 2. The number of benzene rings is 1. The number of carbonyl (C=O) groups is 1. The van der Waals surface area contributed by atoms with Crippen LogP contribution >= 0.6 is 0 Å². The fraction of sp³-hybridized carbons (Fsp3) is 0.640. The van der Waals surface area contributed by atoms with Crippen molar-refractivity contribution >= 4 is 11.7 Å². The maximum absolute atomic E-state index is 12.8. The van der Waals surface area contributed by atoms with Crippen molar-refractivity contribution in [3.8, 4) is 0 Å². The molecule has 2 amide bonds. The summed E-state index contributed by atoms with van der Waals surface area (Å²) >= 11 is 0. The van der Waals surface area contributed by atoms with Crippen LogP contribution in [0.1, 0.15) is 44.1 Å². The van der Waals surface area contributed by atoms with Gasteiger partial charge in [0.2, 0.25) is 0 Å². The van der Waals surface area contributed by atoms with Crippen LogP contribution in [0.2, 0.25) is 0 Å². The first kappa shape index (κ1) is 19.2. The van der Waals surface area contributed by atoms with E-state index in [4.69, 9.17) is 0 Å². The quantitative estimate of drug-likeness (QED) is 0.691. The Morgan fingerprint density at radius 3 is 2.55 bits per heavy atom. The molecule has 4 aliphatic rings. The molecular formula is C25H35N3O. The molecule has 0 radical (unpaired) electrons. The van der Waals surface area contributed by atoms with Crippen LogP contribution in [0.25, 0.3) is 0 Å². The van der Waals surface area contributed by atoms with Gasteiger partial charge in [0.05, 0.1) is 0 Å². The first-order valence-corrected chi connectivity index (χ1v) is 11.5. The number of carbonyl (C=O) groups excluding carboxylic acids is 1. The van der Waals surface area contributed by atoms with E-state index in [1.807, 2.05) is 19.0 Å². The summed E-state index contributed by atoms with van der Waals surface area (Å²) in [6.45, 7) is 4.52. The lowest BCUT2D eigenvalue weighted by Crippen LogP contribution is -2.44. The van der Waals surface area contributed by atoms with E-state index in [1.165, 1.54) is 57.3 Å². The van der Waals surface area contributed by atoms with Crippen molar-refractivity contribution in [2.24, 2.45) is 17.8 Å². The van der Waals surface area contributed by atoms with E-state index in [1.54, 1.807) is 4.90 Å². The number of piperidine rings is 1. The first-order valence-electron chi connectivity index (χ1n) is 11.5. The lowest BCUT2D eigenvalue weighted by molar-refractivity contribution is 0.128. The van der Waals surface area contributed by atoms with Crippen molar-refractivity contribution in [3.05, 3.63) is 42.0 Å². The molecule has 3 unspecified atom stereocenters. The van der Waals surface area contributed by atoms with Gasteiger partial charge in [0.15, 0.2) is 0 Å². The topological polar surface area (TPSA) is 26.8 Å². The molecule has 1 aromatic carbocycles. The Kier molecular flexibility index (Phi) is 4.93. The minimum absolute atomic E-state index is 0.108. The van der Waals surface area contributed by atoms with Crippen molar-refractivity contribution in [1.82, 2.24) is 9.80 Å². The number of anilines is 1. The van der Waals surface area contributed by atoms with Crippen LogP contribution in [0.15, 0.2) is 36.4 Å². The predicted molar refractivity (Wildman–Crippen MR) is 118 cm³/mol. The number of hydrogen-bond donors (Lipinski definition) is 0. The van der Waals surface area contributed by atoms with E-state index in [2.05, 4.69) is 41.3 Å². The zero-order chi connectivity index (χ0) is 20.0. The molecule has 2 aliphatic carbocycles. The molecule has 1 saturated carbocycles. The van der Waals surface area contributed by atoms with E-state index in [9.17, 15) is 4.79 Å². The average Bonchev–Trinajstić information content (AvgIpc) is 3.31. The van der Waals surface area contributed by atoms with Gasteiger partial charge < -0.3 is 9.80 Å². The monoisotopic (exact) mass is 393 g/mol. The van der Waals surface area contributed by atoms with E-state index in [0.29, 0.717) is 0 Å². The summed E-state index contributed by atoms with van der Waals surface area (Å²) in [6, 6.07) is 8.82. The van der Waals surface area contributed by atoms with Gasteiger partial charge in [0, 0.05) is 32.9 Å². The second kappa shape index (κ2) is 7.46. The van der Waals surface area contributed by atoms with Gasteiger partial charge in [-0.1, -0.05) is 30.4 Å². The predicted octanol–water partition coefficient (Wildman–Crippen LogP) is 4.51. The molecular weight excluding hydrogens is 358 g/mol. The van der Waals surface area contributed by atoms with Crippen LogP contribution in [0.3, 0.4) is 0 Å². The zero-order valence-corrected chi connectivity index (χ0v) is 18.0. The van der Waals surface area contributed by atoms with Crippen molar-refractivity contribution < 1.29 is 4.79 Å². The summed E-state index contributed by atoms with van der Waals surface area (Å²) < 4.78 is 0. The minimum Gasteiger partial charge on any atom is -0.330 e. The number of para-hydroxylation sites is 1. The highest BCUT2D eigenvalue weighted by atomic mass is 16.2. The van der Waals surface area contributed by atoms with Gasteiger partial charge in [-0.05, 0) is 86.4 Å². The fourth-order valence-electron chi connectivity index (χ4n) is 6.55. The molecule has 2 aliphatic heterocycles. The second-order valence-corrected chi connectivity index (χ2v) is 10.1. The summed E-state index contributed by atoms with van der Waals surface area (Å²) in [6.07, 6.45) is 12.5. The lowest BCUT2D eigenvalue weighted by Gasteiger charge is -2.43. The standard InChI is InChI=1S/C25H35N3O/c1-26(2)24(29)28-13-5-10-25(22-6-3-4-7-23(22)28)11-14-27(15-12-25)18-21-17-19-8-9-20(21)16-19/h3-4,6-9,19-21H,5,10-18H2,1-2H3. The number of likely N-dealkylation sites (tertiary alicyclic amines) is 1. The van der Waals surface area contributed by atoms with Crippen LogP contribution in [0.4, 0.5) is 10.5 Å². The SMILES string of the molecule is CN(C)C(=O)N1CCCC2(CCN(CC3CC4C=CC3C4)CC2)c2ccccc21. The first-order chi connectivity index (χ1) is 14.1. The molecule has 3 atom stereocenters.